The van der Waals surface area contributed by atoms with Crippen LogP contribution in [-0.2, 0) is 31.9 Å². The number of fused-ring (bicyclic) bond motifs is 4. The monoisotopic (exact) mass is 543 g/mol. The van der Waals surface area contributed by atoms with Crippen molar-refractivity contribution in [1.82, 2.24) is 4.98 Å². The molecule has 41 heavy (non-hydrogen) atoms. The summed E-state index contributed by atoms with van der Waals surface area (Å²) in [5, 5.41) is 3.09. The average molecular weight is 544 g/mol. The standard InChI is InChI=1S/C36H33NO4/c1-5-40-34(38)36(35(39)41-6-2)19-27-28(20-36)32(25-17-13-23(4)14-18-25)33-26-9-7-8-10-30(26)37-21-29(33)31(27)24-15-11-22(3)12-16-24/h7-18,21H,5-6,19-20H2,1-4H3. The number of aromatic nitrogens is 1. The molecule has 0 N–H and O–H groups in total. The number of para-hydroxylation sites is 1. The van der Waals surface area contributed by atoms with Crippen molar-refractivity contribution in [2.75, 3.05) is 13.2 Å². The first-order valence-electron chi connectivity index (χ1n) is 14.2. The fourth-order valence-electron chi connectivity index (χ4n) is 6.27. The van der Waals surface area contributed by atoms with Crippen molar-refractivity contribution in [3.8, 4) is 22.3 Å². The Morgan fingerprint density at radius 2 is 1.22 bits per heavy atom. The summed E-state index contributed by atoms with van der Waals surface area (Å²) in [5.74, 6) is -1.07. The molecule has 1 aromatic heterocycles. The number of esters is 2. The molecule has 0 saturated carbocycles. The summed E-state index contributed by atoms with van der Waals surface area (Å²) in [4.78, 5) is 32.3. The van der Waals surface area contributed by atoms with Gasteiger partial charge in [0.25, 0.3) is 0 Å². The lowest BCUT2D eigenvalue weighted by Crippen LogP contribution is -2.43. The molecule has 0 saturated heterocycles. The van der Waals surface area contributed by atoms with Crippen LogP contribution in [-0.4, -0.2) is 30.1 Å². The van der Waals surface area contributed by atoms with E-state index in [2.05, 4.69) is 68.4 Å². The van der Waals surface area contributed by atoms with Crippen molar-refractivity contribution < 1.29 is 19.1 Å². The van der Waals surface area contributed by atoms with Crippen LogP contribution in [0.3, 0.4) is 0 Å². The van der Waals surface area contributed by atoms with E-state index in [4.69, 9.17) is 14.5 Å². The van der Waals surface area contributed by atoms with Gasteiger partial charge >= 0.3 is 11.9 Å². The quantitative estimate of drug-likeness (QED) is 0.126. The third-order valence-corrected chi connectivity index (χ3v) is 8.23. The number of benzene rings is 4. The van der Waals surface area contributed by atoms with E-state index in [9.17, 15) is 9.59 Å². The Hall–Kier alpha value is -4.51. The maximum absolute atomic E-state index is 13.7. The van der Waals surface area contributed by atoms with Gasteiger partial charge in [0.15, 0.2) is 5.41 Å². The molecule has 4 aromatic carbocycles. The third-order valence-electron chi connectivity index (χ3n) is 8.23. The van der Waals surface area contributed by atoms with Crippen molar-refractivity contribution in [3.63, 3.8) is 0 Å². The Labute approximate surface area is 240 Å². The number of nitrogens with zero attached hydrogens (tertiary/aromatic N) is 1. The molecule has 0 radical (unpaired) electrons. The van der Waals surface area contributed by atoms with Crippen molar-refractivity contribution in [2.45, 2.75) is 40.5 Å². The third kappa shape index (κ3) is 4.37. The van der Waals surface area contributed by atoms with E-state index >= 15 is 0 Å². The van der Waals surface area contributed by atoms with Crippen LogP contribution in [0, 0.1) is 19.3 Å². The van der Waals surface area contributed by atoms with Crippen molar-refractivity contribution in [3.05, 3.63) is 101 Å². The zero-order chi connectivity index (χ0) is 28.7. The van der Waals surface area contributed by atoms with Gasteiger partial charge in [-0.25, -0.2) is 0 Å². The van der Waals surface area contributed by atoms with E-state index in [1.807, 2.05) is 24.4 Å². The normalized spacial score (nSPS) is 13.8. The van der Waals surface area contributed by atoms with Gasteiger partial charge in [0.05, 0.1) is 18.7 Å². The number of rotatable bonds is 6. The molecule has 0 atom stereocenters. The SMILES string of the molecule is CCOC(=O)C1(C(=O)OCC)Cc2c(c(-c3ccc(C)cc3)c3c(cnc4ccccc43)c2-c2ccc(C)cc2)C1. The summed E-state index contributed by atoms with van der Waals surface area (Å²) in [6.07, 6.45) is 2.35. The number of ether oxygens (including phenoxy) is 2. The summed E-state index contributed by atoms with van der Waals surface area (Å²) in [7, 11) is 0. The van der Waals surface area contributed by atoms with Crippen molar-refractivity contribution in [1.29, 1.82) is 0 Å². The molecule has 5 aromatic rings. The highest BCUT2D eigenvalue weighted by molar-refractivity contribution is 6.19. The van der Waals surface area contributed by atoms with Crippen LogP contribution >= 0.6 is 0 Å². The first kappa shape index (κ1) is 26.7. The molecule has 0 fully saturated rings. The topological polar surface area (TPSA) is 65.5 Å². The molecule has 1 aliphatic carbocycles. The highest BCUT2D eigenvalue weighted by Gasteiger charge is 2.54. The van der Waals surface area contributed by atoms with Gasteiger partial charge in [-0.05, 0) is 67.1 Å². The Balaban J connectivity index is 1.78. The van der Waals surface area contributed by atoms with Crippen LogP contribution in [0.2, 0.25) is 0 Å². The van der Waals surface area contributed by atoms with Gasteiger partial charge in [-0.1, -0.05) is 77.9 Å². The van der Waals surface area contributed by atoms with E-state index in [0.717, 1.165) is 66.2 Å². The molecular formula is C36H33NO4. The lowest BCUT2D eigenvalue weighted by Gasteiger charge is -2.24. The Morgan fingerprint density at radius 1 is 0.707 bits per heavy atom. The molecule has 206 valence electrons. The van der Waals surface area contributed by atoms with E-state index in [1.165, 1.54) is 0 Å². The van der Waals surface area contributed by atoms with Crippen molar-refractivity contribution in [2.24, 2.45) is 5.41 Å². The molecule has 6 rings (SSSR count). The van der Waals surface area contributed by atoms with Gasteiger partial charge in [0, 0.05) is 35.2 Å². The van der Waals surface area contributed by atoms with E-state index in [-0.39, 0.29) is 26.1 Å². The van der Waals surface area contributed by atoms with E-state index in [0.29, 0.717) is 0 Å². The molecule has 0 bridgehead atoms. The van der Waals surface area contributed by atoms with Crippen LogP contribution in [0.5, 0.6) is 0 Å². The zero-order valence-corrected chi connectivity index (χ0v) is 23.9. The largest absolute Gasteiger partial charge is 0.465 e. The molecule has 0 spiro atoms. The van der Waals surface area contributed by atoms with E-state index in [1.54, 1.807) is 13.8 Å². The molecule has 0 unspecified atom stereocenters. The number of hydrogen-bond donors (Lipinski definition) is 0. The first-order valence-corrected chi connectivity index (χ1v) is 14.2. The summed E-state index contributed by atoms with van der Waals surface area (Å²) >= 11 is 0. The molecule has 1 heterocycles. The Morgan fingerprint density at radius 3 is 1.78 bits per heavy atom. The number of carbonyl (C=O) groups excluding carboxylic acids is 2. The first-order chi connectivity index (χ1) is 19.9. The fraction of sp³-hybridized carbons (Fsp3) is 0.250. The second-order valence-electron chi connectivity index (χ2n) is 10.9. The maximum atomic E-state index is 13.7. The van der Waals surface area contributed by atoms with Crippen LogP contribution in [0.4, 0.5) is 0 Å². The van der Waals surface area contributed by atoms with Crippen LogP contribution in [0.25, 0.3) is 43.9 Å². The van der Waals surface area contributed by atoms with Gasteiger partial charge in [0.1, 0.15) is 0 Å². The highest BCUT2D eigenvalue weighted by Crippen LogP contribution is 2.52. The summed E-state index contributed by atoms with van der Waals surface area (Å²) in [6, 6.07) is 25.0. The van der Waals surface area contributed by atoms with Gasteiger partial charge < -0.3 is 9.47 Å². The van der Waals surface area contributed by atoms with Gasteiger partial charge in [0.2, 0.25) is 0 Å². The Kier molecular flexibility index (Phi) is 6.82. The van der Waals surface area contributed by atoms with Gasteiger partial charge in [-0.3, -0.25) is 14.6 Å². The van der Waals surface area contributed by atoms with Gasteiger partial charge in [-0.2, -0.15) is 0 Å². The number of hydrogen-bond acceptors (Lipinski definition) is 5. The number of pyridine rings is 1. The second kappa shape index (κ2) is 10.5. The molecule has 5 nitrogen and oxygen atoms in total. The summed E-state index contributed by atoms with van der Waals surface area (Å²) in [6.45, 7) is 8.03. The Bertz CT molecular complexity index is 1790. The molecule has 5 heteroatoms. The lowest BCUT2D eigenvalue weighted by molar-refractivity contribution is -0.171. The predicted octanol–water partition coefficient (Wildman–Crippen LogP) is 7.55. The summed E-state index contributed by atoms with van der Waals surface area (Å²) < 4.78 is 11.1. The minimum absolute atomic E-state index is 0.183. The second-order valence-corrected chi connectivity index (χ2v) is 10.9. The molecular weight excluding hydrogens is 510 g/mol. The number of carbonyl (C=O) groups is 2. The number of aryl methyl sites for hydroxylation is 2. The molecule has 1 aliphatic rings. The minimum atomic E-state index is -1.46. The predicted molar refractivity (Wildman–Crippen MR) is 163 cm³/mol. The van der Waals surface area contributed by atoms with Crippen LogP contribution in [0.1, 0.15) is 36.1 Å². The lowest BCUT2D eigenvalue weighted by atomic mass is 9.83. The minimum Gasteiger partial charge on any atom is -0.465 e. The van der Waals surface area contributed by atoms with Crippen molar-refractivity contribution >= 4 is 33.6 Å². The fourth-order valence-corrected chi connectivity index (χ4v) is 6.27. The van der Waals surface area contributed by atoms with E-state index < -0.39 is 17.4 Å². The summed E-state index contributed by atoms with van der Waals surface area (Å²) in [5.41, 5.74) is 7.77. The maximum Gasteiger partial charge on any atom is 0.324 e. The zero-order valence-electron chi connectivity index (χ0n) is 23.9. The van der Waals surface area contributed by atoms with Gasteiger partial charge in [-0.15, -0.1) is 0 Å². The average Bonchev–Trinajstić information content (AvgIpc) is 3.39. The van der Waals surface area contributed by atoms with Crippen LogP contribution in [0.15, 0.2) is 79.0 Å². The van der Waals surface area contributed by atoms with Crippen LogP contribution < -0.4 is 0 Å². The molecule has 0 amide bonds. The smallest absolute Gasteiger partial charge is 0.324 e. The molecule has 0 aliphatic heterocycles. The highest BCUT2D eigenvalue weighted by atomic mass is 16.6.